The average molecular weight is 213 g/mol. The van der Waals surface area contributed by atoms with Crippen LogP contribution in [-0.4, -0.2) is 23.3 Å². The number of aromatic carboxylic acids is 1. The minimum Gasteiger partial charge on any atom is -0.504 e. The summed E-state index contributed by atoms with van der Waals surface area (Å²) in [4.78, 5) is 10.5. The van der Waals surface area contributed by atoms with E-state index in [-0.39, 0.29) is 22.7 Å². The molecule has 1 aromatic rings. The summed E-state index contributed by atoms with van der Waals surface area (Å²) >= 11 is 0. The Balaban J connectivity index is 0.000000921. The number of ether oxygens (including phenoxy) is 1. The van der Waals surface area contributed by atoms with Gasteiger partial charge in [-0.15, -0.1) is 0 Å². The highest BCUT2D eigenvalue weighted by molar-refractivity contribution is 5.94. The van der Waals surface area contributed by atoms with Crippen LogP contribution < -0.4 is 10.5 Å². The molecule has 0 saturated carbocycles. The van der Waals surface area contributed by atoms with Gasteiger partial charge in [0.25, 0.3) is 0 Å². The minimum absolute atomic E-state index is 0.0575. The van der Waals surface area contributed by atoms with Crippen molar-refractivity contribution in [2.75, 3.05) is 12.8 Å². The van der Waals surface area contributed by atoms with Gasteiger partial charge in [0.15, 0.2) is 11.5 Å². The van der Waals surface area contributed by atoms with Crippen LogP contribution in [0.4, 0.5) is 5.69 Å². The lowest BCUT2D eigenvalue weighted by Gasteiger charge is -2.06. The number of carbonyl (C=O) groups is 1. The molecule has 4 N–H and O–H groups in total. The maximum absolute atomic E-state index is 10.5. The van der Waals surface area contributed by atoms with Gasteiger partial charge in [-0.25, -0.2) is 4.79 Å². The Hall–Kier alpha value is -1.91. The Morgan fingerprint density at radius 3 is 2.33 bits per heavy atom. The minimum atomic E-state index is -1.18. The maximum Gasteiger partial charge on any atom is 0.337 e. The number of phenols is 1. The fourth-order valence-corrected chi connectivity index (χ4v) is 0.933. The predicted molar refractivity (Wildman–Crippen MR) is 57.4 cm³/mol. The van der Waals surface area contributed by atoms with Crippen molar-refractivity contribution >= 4 is 11.7 Å². The summed E-state index contributed by atoms with van der Waals surface area (Å²) in [6.45, 7) is 4.00. The van der Waals surface area contributed by atoms with E-state index in [0.717, 1.165) is 6.07 Å². The van der Waals surface area contributed by atoms with E-state index >= 15 is 0 Å². The second kappa shape index (κ2) is 5.74. The highest BCUT2D eigenvalue weighted by Gasteiger charge is 2.12. The van der Waals surface area contributed by atoms with E-state index in [1.165, 1.54) is 13.2 Å². The Kier molecular flexibility index (Phi) is 5.01. The van der Waals surface area contributed by atoms with Crippen LogP contribution in [0.1, 0.15) is 24.2 Å². The van der Waals surface area contributed by atoms with Crippen molar-refractivity contribution in [3.8, 4) is 11.5 Å². The molecule has 0 aliphatic heterocycles. The van der Waals surface area contributed by atoms with Crippen LogP contribution in [0.2, 0.25) is 0 Å². The van der Waals surface area contributed by atoms with E-state index in [1.807, 2.05) is 13.8 Å². The number of aromatic hydroxyl groups is 1. The van der Waals surface area contributed by atoms with Crippen molar-refractivity contribution in [3.63, 3.8) is 0 Å². The van der Waals surface area contributed by atoms with E-state index < -0.39 is 5.97 Å². The Bertz CT molecular complexity index is 350. The molecular weight excluding hydrogens is 198 g/mol. The van der Waals surface area contributed by atoms with Gasteiger partial charge in [-0.2, -0.15) is 0 Å². The molecule has 0 atom stereocenters. The van der Waals surface area contributed by atoms with Crippen LogP contribution in [-0.2, 0) is 0 Å². The molecule has 1 aromatic carbocycles. The van der Waals surface area contributed by atoms with Gasteiger partial charge in [0.1, 0.15) is 0 Å². The monoisotopic (exact) mass is 213 g/mol. The van der Waals surface area contributed by atoms with E-state index in [2.05, 4.69) is 0 Å². The zero-order valence-electron chi connectivity index (χ0n) is 8.94. The fraction of sp³-hybridized carbons (Fsp3) is 0.300. The molecule has 0 bridgehead atoms. The van der Waals surface area contributed by atoms with Crippen molar-refractivity contribution < 1.29 is 19.7 Å². The molecule has 0 unspecified atom stereocenters. The smallest absolute Gasteiger partial charge is 0.337 e. The summed E-state index contributed by atoms with van der Waals surface area (Å²) in [5.41, 5.74) is 5.31. The molecule has 1 rings (SSSR count). The molecule has 0 aliphatic rings. The van der Waals surface area contributed by atoms with Crippen molar-refractivity contribution in [1.29, 1.82) is 0 Å². The molecule has 0 heterocycles. The quantitative estimate of drug-likeness (QED) is 0.513. The molecule has 5 nitrogen and oxygen atoms in total. The molecule has 0 amide bonds. The molecule has 0 fully saturated rings. The number of rotatable bonds is 2. The Morgan fingerprint density at radius 2 is 1.93 bits per heavy atom. The number of hydrogen-bond acceptors (Lipinski definition) is 4. The summed E-state index contributed by atoms with van der Waals surface area (Å²) in [6, 6.07) is 2.31. The maximum atomic E-state index is 10.5. The molecule has 0 spiro atoms. The molecule has 0 aromatic heterocycles. The number of nitrogen functional groups attached to an aromatic ring is 1. The first kappa shape index (κ1) is 13.1. The third-order valence-corrected chi connectivity index (χ3v) is 1.58. The van der Waals surface area contributed by atoms with E-state index in [0.29, 0.717) is 0 Å². The first-order chi connectivity index (χ1) is 7.06. The normalized spacial score (nSPS) is 8.73. The second-order valence-corrected chi connectivity index (χ2v) is 2.42. The van der Waals surface area contributed by atoms with Crippen LogP contribution in [0.15, 0.2) is 12.1 Å². The lowest BCUT2D eigenvalue weighted by molar-refractivity contribution is 0.0697. The molecule has 0 saturated heterocycles. The SMILES string of the molecule is CC.COc1cc(N)c(C(=O)O)cc1O. The third-order valence-electron chi connectivity index (χ3n) is 1.58. The van der Waals surface area contributed by atoms with Crippen LogP contribution in [0.25, 0.3) is 0 Å². The zero-order valence-corrected chi connectivity index (χ0v) is 8.94. The first-order valence-electron chi connectivity index (χ1n) is 4.46. The molecule has 0 aliphatic carbocycles. The van der Waals surface area contributed by atoms with E-state index in [1.54, 1.807) is 0 Å². The number of nitrogens with two attached hydrogens (primary N) is 1. The average Bonchev–Trinajstić information content (AvgIpc) is 2.23. The number of carboxylic acid groups (broad SMARTS) is 1. The van der Waals surface area contributed by atoms with Crippen molar-refractivity contribution in [1.82, 2.24) is 0 Å². The second-order valence-electron chi connectivity index (χ2n) is 2.42. The fourth-order valence-electron chi connectivity index (χ4n) is 0.933. The van der Waals surface area contributed by atoms with Crippen molar-refractivity contribution in [2.24, 2.45) is 0 Å². The number of methoxy groups -OCH3 is 1. The molecule has 15 heavy (non-hydrogen) atoms. The highest BCUT2D eigenvalue weighted by Crippen LogP contribution is 2.30. The van der Waals surface area contributed by atoms with Gasteiger partial charge in [0, 0.05) is 12.1 Å². The number of anilines is 1. The predicted octanol–water partition coefficient (Wildman–Crippen LogP) is 1.71. The number of phenolic OH excluding ortho intramolecular Hbond substituents is 1. The van der Waals surface area contributed by atoms with Gasteiger partial charge in [-0.05, 0) is 0 Å². The summed E-state index contributed by atoms with van der Waals surface area (Å²) in [5, 5.41) is 17.8. The van der Waals surface area contributed by atoms with Crippen molar-refractivity contribution in [2.45, 2.75) is 13.8 Å². The van der Waals surface area contributed by atoms with Gasteiger partial charge in [-0.1, -0.05) is 13.8 Å². The number of benzene rings is 1. The van der Waals surface area contributed by atoms with Crippen LogP contribution >= 0.6 is 0 Å². The highest BCUT2D eigenvalue weighted by atomic mass is 16.5. The number of carboxylic acids is 1. The van der Waals surface area contributed by atoms with Gasteiger partial charge < -0.3 is 20.7 Å². The topological polar surface area (TPSA) is 92.8 Å². The van der Waals surface area contributed by atoms with E-state index in [4.69, 9.17) is 15.6 Å². The summed E-state index contributed by atoms with van der Waals surface area (Å²) in [5.74, 6) is -1.27. The first-order valence-corrected chi connectivity index (χ1v) is 4.46. The van der Waals surface area contributed by atoms with Gasteiger partial charge in [-0.3, -0.25) is 0 Å². The van der Waals surface area contributed by atoms with E-state index in [9.17, 15) is 9.90 Å². The zero-order chi connectivity index (χ0) is 12.0. The standard InChI is InChI=1S/C8H9NO4.C2H6/c1-13-7-3-5(9)4(8(11)12)2-6(7)10;1-2/h2-3,10H,9H2,1H3,(H,11,12);1-2H3. The lowest BCUT2D eigenvalue weighted by atomic mass is 10.1. The van der Waals surface area contributed by atoms with Crippen LogP contribution in [0.5, 0.6) is 11.5 Å². The number of hydrogen-bond donors (Lipinski definition) is 3. The van der Waals surface area contributed by atoms with Crippen molar-refractivity contribution in [3.05, 3.63) is 17.7 Å². The molecule has 5 heteroatoms. The summed E-state index contributed by atoms with van der Waals surface area (Å²) < 4.78 is 4.74. The Morgan fingerprint density at radius 1 is 1.40 bits per heavy atom. The van der Waals surface area contributed by atoms with Crippen LogP contribution in [0.3, 0.4) is 0 Å². The van der Waals surface area contributed by atoms with Gasteiger partial charge in [0.2, 0.25) is 0 Å². The summed E-state index contributed by atoms with van der Waals surface area (Å²) in [6.07, 6.45) is 0. The molecular formula is C10H15NO4. The van der Waals surface area contributed by atoms with Gasteiger partial charge in [0.05, 0.1) is 18.4 Å². The third kappa shape index (κ3) is 3.05. The van der Waals surface area contributed by atoms with Crippen LogP contribution in [0, 0.1) is 0 Å². The lowest BCUT2D eigenvalue weighted by Crippen LogP contribution is -2.02. The van der Waals surface area contributed by atoms with Gasteiger partial charge >= 0.3 is 5.97 Å². The summed E-state index contributed by atoms with van der Waals surface area (Å²) in [7, 11) is 1.36. The molecule has 84 valence electrons. The molecule has 0 radical (unpaired) electrons. The largest absolute Gasteiger partial charge is 0.504 e. The Labute approximate surface area is 88.1 Å².